The van der Waals surface area contributed by atoms with Crippen molar-refractivity contribution in [3.63, 3.8) is 0 Å². The van der Waals surface area contributed by atoms with Gasteiger partial charge in [0.1, 0.15) is 0 Å². The van der Waals surface area contributed by atoms with Crippen LogP contribution in [-0.4, -0.2) is 11.1 Å². The summed E-state index contributed by atoms with van der Waals surface area (Å²) in [5.74, 6) is -0.843. The Morgan fingerprint density at radius 3 is 2.71 bits per heavy atom. The Morgan fingerprint density at radius 1 is 1.35 bits per heavy atom. The van der Waals surface area contributed by atoms with Crippen LogP contribution in [0.5, 0.6) is 0 Å². The smallest absolute Gasteiger partial charge is 0.306 e. The SMILES string of the molecule is CCCCCCCC(Cc1cccs1)C(=O)O. The van der Waals surface area contributed by atoms with Gasteiger partial charge in [-0.25, -0.2) is 0 Å². The first-order valence-corrected chi connectivity index (χ1v) is 7.37. The Kier molecular flexibility index (Phi) is 6.94. The summed E-state index contributed by atoms with van der Waals surface area (Å²) in [6, 6.07) is 4.01. The van der Waals surface area contributed by atoms with Gasteiger partial charge in [0.25, 0.3) is 0 Å². The van der Waals surface area contributed by atoms with Crippen LogP contribution >= 0.6 is 11.3 Å². The molecule has 2 nitrogen and oxygen atoms in total. The maximum absolute atomic E-state index is 11.2. The second kappa shape index (κ2) is 8.29. The molecule has 0 bridgehead atoms. The van der Waals surface area contributed by atoms with Gasteiger partial charge in [-0.2, -0.15) is 0 Å². The summed E-state index contributed by atoms with van der Waals surface area (Å²) in [6.45, 7) is 2.19. The van der Waals surface area contributed by atoms with Crippen molar-refractivity contribution in [2.75, 3.05) is 0 Å². The molecule has 0 saturated heterocycles. The zero-order valence-corrected chi connectivity index (χ0v) is 11.3. The molecule has 1 atom stereocenters. The topological polar surface area (TPSA) is 37.3 Å². The second-order valence-corrected chi connectivity index (χ2v) is 5.55. The second-order valence-electron chi connectivity index (χ2n) is 4.52. The highest BCUT2D eigenvalue weighted by Gasteiger charge is 2.17. The highest BCUT2D eigenvalue weighted by molar-refractivity contribution is 7.09. The number of thiophene rings is 1. The summed E-state index contributed by atoms with van der Waals surface area (Å²) in [6.07, 6.45) is 7.46. The van der Waals surface area contributed by atoms with Crippen LogP contribution in [0.3, 0.4) is 0 Å². The average Bonchev–Trinajstić information content (AvgIpc) is 2.79. The van der Waals surface area contributed by atoms with Crippen molar-refractivity contribution >= 4 is 17.3 Å². The number of carboxylic acid groups (broad SMARTS) is 1. The fourth-order valence-electron chi connectivity index (χ4n) is 1.98. The van der Waals surface area contributed by atoms with Crippen LogP contribution in [0.1, 0.15) is 50.3 Å². The molecule has 0 spiro atoms. The van der Waals surface area contributed by atoms with Crippen molar-refractivity contribution in [1.29, 1.82) is 0 Å². The molecule has 0 aromatic carbocycles. The molecule has 3 heteroatoms. The van der Waals surface area contributed by atoms with E-state index < -0.39 is 5.97 Å². The predicted octanol–water partition coefficient (Wildman–Crippen LogP) is 4.35. The molecule has 0 amide bonds. The molecule has 0 radical (unpaired) electrons. The number of unbranched alkanes of at least 4 members (excludes halogenated alkanes) is 4. The van der Waals surface area contributed by atoms with E-state index in [4.69, 9.17) is 0 Å². The fraction of sp³-hybridized carbons (Fsp3) is 0.643. The Morgan fingerprint density at radius 2 is 2.12 bits per heavy atom. The number of hydrogen-bond acceptors (Lipinski definition) is 2. The Hall–Kier alpha value is -0.830. The van der Waals surface area contributed by atoms with E-state index in [1.54, 1.807) is 11.3 Å². The minimum Gasteiger partial charge on any atom is -0.481 e. The molecule has 96 valence electrons. The highest BCUT2D eigenvalue weighted by atomic mass is 32.1. The molecule has 1 aromatic rings. The number of carboxylic acids is 1. The molecule has 0 saturated carbocycles. The summed E-state index contributed by atoms with van der Waals surface area (Å²) >= 11 is 1.65. The Bertz CT molecular complexity index is 306. The molecule has 0 aliphatic rings. The monoisotopic (exact) mass is 254 g/mol. The van der Waals surface area contributed by atoms with Crippen LogP contribution in [-0.2, 0) is 11.2 Å². The van der Waals surface area contributed by atoms with Crippen molar-refractivity contribution in [2.45, 2.75) is 51.9 Å². The van der Waals surface area contributed by atoms with Crippen LogP contribution < -0.4 is 0 Å². The van der Waals surface area contributed by atoms with Crippen LogP contribution in [0, 0.1) is 5.92 Å². The van der Waals surface area contributed by atoms with Gasteiger partial charge in [0.05, 0.1) is 5.92 Å². The van der Waals surface area contributed by atoms with Crippen LogP contribution in [0.4, 0.5) is 0 Å². The van der Waals surface area contributed by atoms with Crippen molar-refractivity contribution in [3.8, 4) is 0 Å². The van der Waals surface area contributed by atoms with Gasteiger partial charge in [0.2, 0.25) is 0 Å². The molecular weight excluding hydrogens is 232 g/mol. The number of aliphatic carboxylic acids is 1. The number of hydrogen-bond donors (Lipinski definition) is 1. The standard InChI is InChI=1S/C14H22O2S/c1-2-3-4-5-6-8-12(14(15)16)11-13-9-7-10-17-13/h7,9-10,12H,2-6,8,11H2,1H3,(H,15,16). The molecule has 1 heterocycles. The number of carbonyl (C=O) groups is 1. The predicted molar refractivity (Wildman–Crippen MR) is 72.5 cm³/mol. The van der Waals surface area contributed by atoms with Gasteiger partial charge >= 0.3 is 5.97 Å². The summed E-state index contributed by atoms with van der Waals surface area (Å²) in [7, 11) is 0. The molecular formula is C14H22O2S. The lowest BCUT2D eigenvalue weighted by molar-refractivity contribution is -0.141. The van der Waals surface area contributed by atoms with E-state index >= 15 is 0 Å². The quantitative estimate of drug-likeness (QED) is 0.665. The molecule has 0 aliphatic carbocycles. The number of rotatable bonds is 9. The Labute approximate surface area is 108 Å². The molecule has 1 N–H and O–H groups in total. The zero-order valence-electron chi connectivity index (χ0n) is 10.5. The summed E-state index contributed by atoms with van der Waals surface area (Å²) in [4.78, 5) is 12.3. The third-order valence-electron chi connectivity index (χ3n) is 3.03. The third kappa shape index (κ3) is 5.87. The fourth-order valence-corrected chi connectivity index (χ4v) is 2.77. The van der Waals surface area contributed by atoms with Crippen molar-refractivity contribution in [1.82, 2.24) is 0 Å². The van der Waals surface area contributed by atoms with Crippen molar-refractivity contribution in [2.24, 2.45) is 5.92 Å². The van der Waals surface area contributed by atoms with E-state index in [1.165, 1.54) is 30.6 Å². The highest BCUT2D eigenvalue weighted by Crippen LogP contribution is 2.20. The van der Waals surface area contributed by atoms with Gasteiger partial charge in [0.15, 0.2) is 0 Å². The molecule has 17 heavy (non-hydrogen) atoms. The van der Waals surface area contributed by atoms with E-state index in [1.807, 2.05) is 17.5 Å². The first-order chi connectivity index (χ1) is 8.24. The summed E-state index contributed by atoms with van der Waals surface area (Å²) in [5, 5.41) is 11.2. The van der Waals surface area contributed by atoms with Crippen molar-refractivity contribution < 1.29 is 9.90 Å². The van der Waals surface area contributed by atoms with Gasteiger partial charge in [-0.3, -0.25) is 4.79 Å². The minimum absolute atomic E-state index is 0.199. The van der Waals surface area contributed by atoms with Crippen LogP contribution in [0.2, 0.25) is 0 Å². The first-order valence-electron chi connectivity index (χ1n) is 6.49. The summed E-state index contributed by atoms with van der Waals surface area (Å²) < 4.78 is 0. The van der Waals surface area contributed by atoms with E-state index in [0.717, 1.165) is 12.8 Å². The molecule has 0 aliphatic heterocycles. The van der Waals surface area contributed by atoms with Gasteiger partial charge in [0, 0.05) is 4.88 Å². The first kappa shape index (κ1) is 14.2. The minimum atomic E-state index is -0.645. The zero-order chi connectivity index (χ0) is 12.5. The molecule has 1 unspecified atom stereocenters. The van der Waals surface area contributed by atoms with E-state index in [2.05, 4.69) is 6.92 Å². The molecule has 0 fully saturated rings. The summed E-state index contributed by atoms with van der Waals surface area (Å²) in [5.41, 5.74) is 0. The van der Waals surface area contributed by atoms with Gasteiger partial charge in [-0.05, 0) is 24.3 Å². The van der Waals surface area contributed by atoms with E-state index in [0.29, 0.717) is 6.42 Å². The largest absolute Gasteiger partial charge is 0.481 e. The normalized spacial score (nSPS) is 12.5. The van der Waals surface area contributed by atoms with Crippen LogP contribution in [0.15, 0.2) is 17.5 Å². The van der Waals surface area contributed by atoms with Gasteiger partial charge < -0.3 is 5.11 Å². The lowest BCUT2D eigenvalue weighted by atomic mass is 9.97. The van der Waals surface area contributed by atoms with Crippen LogP contribution in [0.25, 0.3) is 0 Å². The molecule has 1 aromatic heterocycles. The van der Waals surface area contributed by atoms with Crippen molar-refractivity contribution in [3.05, 3.63) is 22.4 Å². The van der Waals surface area contributed by atoms with Gasteiger partial charge in [-0.15, -0.1) is 11.3 Å². The van der Waals surface area contributed by atoms with E-state index in [9.17, 15) is 9.90 Å². The van der Waals surface area contributed by atoms with Gasteiger partial charge in [-0.1, -0.05) is 45.1 Å². The molecule has 1 rings (SSSR count). The maximum Gasteiger partial charge on any atom is 0.306 e. The lowest BCUT2D eigenvalue weighted by Gasteiger charge is -2.10. The average molecular weight is 254 g/mol. The third-order valence-corrected chi connectivity index (χ3v) is 3.93. The lowest BCUT2D eigenvalue weighted by Crippen LogP contribution is -2.15. The maximum atomic E-state index is 11.2. The Balaban J connectivity index is 2.26. The van der Waals surface area contributed by atoms with E-state index in [-0.39, 0.29) is 5.92 Å².